The number of nitrogens with zero attached hydrogens (tertiary/aromatic N) is 1. The number of benzene rings is 2. The molecule has 0 bridgehead atoms. The maximum Gasteiger partial charge on any atom is 0.251 e. The summed E-state index contributed by atoms with van der Waals surface area (Å²) in [5, 5.41) is 3.73. The topological polar surface area (TPSA) is 49.4 Å². The van der Waals surface area contributed by atoms with Crippen molar-refractivity contribution in [3.8, 4) is 0 Å². The fraction of sp³-hybridized carbons (Fsp3) is 0.0588. The second-order valence-electron chi connectivity index (χ2n) is 4.99. The maximum absolute atomic E-state index is 12.4. The fourth-order valence-corrected chi connectivity index (χ4v) is 2.79. The summed E-state index contributed by atoms with van der Waals surface area (Å²) in [7, 11) is 0. The average molecular weight is 347 g/mol. The number of halogens is 2. The zero-order valence-corrected chi connectivity index (χ0v) is 13.4. The monoisotopic (exact) mass is 346 g/mol. The molecule has 1 N–H and O–H groups in total. The molecule has 4 nitrogen and oxygen atoms in total. The van der Waals surface area contributed by atoms with Crippen LogP contribution < -0.4 is 10.2 Å². The fourth-order valence-electron chi connectivity index (χ4n) is 2.32. The summed E-state index contributed by atoms with van der Waals surface area (Å²) in [5.74, 6) is -0.520. The minimum atomic E-state index is -0.293. The van der Waals surface area contributed by atoms with E-state index < -0.39 is 0 Å². The van der Waals surface area contributed by atoms with Crippen LogP contribution in [0.25, 0.3) is 6.08 Å². The second kappa shape index (κ2) is 6.44. The molecule has 1 aliphatic heterocycles. The van der Waals surface area contributed by atoms with Crippen LogP contribution in [0.3, 0.4) is 0 Å². The van der Waals surface area contributed by atoms with Crippen LogP contribution in [0.4, 0.5) is 11.4 Å². The standard InChI is InChI=1S/C17H12Cl2N2O2/c18-12-7-5-11(13(19)9-12)6-8-17(23)21-10-16(22)20-14-3-1-2-4-15(14)21/h1-9H,10H2,(H,20,22)/b8-6+. The maximum atomic E-state index is 12.4. The highest BCUT2D eigenvalue weighted by Crippen LogP contribution is 2.29. The van der Waals surface area contributed by atoms with Crippen molar-refractivity contribution in [2.75, 3.05) is 16.8 Å². The first kappa shape index (κ1) is 15.6. The lowest BCUT2D eigenvalue weighted by molar-refractivity contribution is -0.119. The van der Waals surface area contributed by atoms with Gasteiger partial charge in [-0.3, -0.25) is 14.5 Å². The Balaban J connectivity index is 1.86. The molecular formula is C17H12Cl2N2O2. The van der Waals surface area contributed by atoms with Gasteiger partial charge >= 0.3 is 0 Å². The van der Waals surface area contributed by atoms with Crippen molar-refractivity contribution in [2.24, 2.45) is 0 Å². The summed E-state index contributed by atoms with van der Waals surface area (Å²) in [6.45, 7) is -0.0193. The summed E-state index contributed by atoms with van der Waals surface area (Å²) in [6, 6.07) is 12.2. The van der Waals surface area contributed by atoms with Gasteiger partial charge in [-0.05, 0) is 35.9 Å². The molecule has 2 aromatic rings. The average Bonchev–Trinajstić information content (AvgIpc) is 2.53. The quantitative estimate of drug-likeness (QED) is 0.835. The van der Waals surface area contributed by atoms with E-state index in [1.54, 1.807) is 42.5 Å². The van der Waals surface area contributed by atoms with E-state index in [1.165, 1.54) is 11.0 Å². The van der Waals surface area contributed by atoms with Gasteiger partial charge < -0.3 is 5.32 Å². The molecule has 0 saturated carbocycles. The number of hydrogen-bond acceptors (Lipinski definition) is 2. The van der Waals surface area contributed by atoms with E-state index in [0.29, 0.717) is 27.0 Å². The van der Waals surface area contributed by atoms with Gasteiger partial charge in [0.25, 0.3) is 5.91 Å². The van der Waals surface area contributed by atoms with Crippen LogP contribution in [-0.2, 0) is 9.59 Å². The summed E-state index contributed by atoms with van der Waals surface area (Å²) in [6.07, 6.45) is 3.00. The van der Waals surface area contributed by atoms with E-state index >= 15 is 0 Å². The summed E-state index contributed by atoms with van der Waals surface area (Å²) < 4.78 is 0. The Labute approximate surface area is 143 Å². The van der Waals surface area contributed by atoms with Gasteiger partial charge in [0, 0.05) is 16.1 Å². The van der Waals surface area contributed by atoms with E-state index in [9.17, 15) is 9.59 Å². The number of amides is 2. The van der Waals surface area contributed by atoms with Gasteiger partial charge in [0.2, 0.25) is 5.91 Å². The number of anilines is 2. The Morgan fingerprint density at radius 3 is 2.74 bits per heavy atom. The minimum Gasteiger partial charge on any atom is -0.323 e. The number of nitrogens with one attached hydrogen (secondary N) is 1. The first-order chi connectivity index (χ1) is 11.0. The molecule has 0 unspecified atom stereocenters. The Bertz CT molecular complexity index is 818. The first-order valence-corrected chi connectivity index (χ1v) is 7.64. The SMILES string of the molecule is O=C1CN(C(=O)/C=C/c2ccc(Cl)cc2Cl)c2ccccc2N1. The van der Waals surface area contributed by atoms with Gasteiger partial charge in [-0.1, -0.05) is 41.4 Å². The van der Waals surface area contributed by atoms with Crippen LogP contribution in [-0.4, -0.2) is 18.4 Å². The van der Waals surface area contributed by atoms with Crippen LogP contribution in [0.15, 0.2) is 48.5 Å². The molecule has 0 fully saturated rings. The summed E-state index contributed by atoms with van der Waals surface area (Å²) in [4.78, 5) is 25.6. The highest BCUT2D eigenvalue weighted by Gasteiger charge is 2.25. The number of fused-ring (bicyclic) bond motifs is 1. The lowest BCUT2D eigenvalue weighted by Gasteiger charge is -2.28. The summed E-state index contributed by atoms with van der Waals surface area (Å²) >= 11 is 11.9. The molecule has 116 valence electrons. The van der Waals surface area contributed by atoms with Gasteiger partial charge in [-0.15, -0.1) is 0 Å². The van der Waals surface area contributed by atoms with Crippen molar-refractivity contribution >= 4 is 52.5 Å². The Hall–Kier alpha value is -2.30. The molecule has 0 saturated heterocycles. The Morgan fingerprint density at radius 2 is 1.96 bits per heavy atom. The molecule has 23 heavy (non-hydrogen) atoms. The van der Waals surface area contributed by atoms with E-state index in [1.807, 2.05) is 6.07 Å². The molecule has 1 aliphatic rings. The Kier molecular flexibility index (Phi) is 4.37. The number of hydrogen-bond donors (Lipinski definition) is 1. The van der Waals surface area contributed by atoms with E-state index in [2.05, 4.69) is 5.32 Å². The lowest BCUT2D eigenvalue weighted by atomic mass is 10.1. The highest BCUT2D eigenvalue weighted by atomic mass is 35.5. The van der Waals surface area contributed by atoms with Gasteiger partial charge in [0.1, 0.15) is 6.54 Å². The summed E-state index contributed by atoms with van der Waals surface area (Å²) in [5.41, 5.74) is 1.97. The highest BCUT2D eigenvalue weighted by molar-refractivity contribution is 6.35. The van der Waals surface area contributed by atoms with Crippen molar-refractivity contribution in [3.05, 3.63) is 64.1 Å². The third-order valence-electron chi connectivity index (χ3n) is 3.40. The van der Waals surface area contributed by atoms with Crippen molar-refractivity contribution in [3.63, 3.8) is 0 Å². The molecule has 3 rings (SSSR count). The van der Waals surface area contributed by atoms with Gasteiger partial charge in [0.15, 0.2) is 0 Å². The molecule has 0 spiro atoms. The number of carbonyl (C=O) groups excluding carboxylic acids is 2. The largest absolute Gasteiger partial charge is 0.323 e. The number of para-hydroxylation sites is 2. The van der Waals surface area contributed by atoms with Crippen LogP contribution in [0.1, 0.15) is 5.56 Å². The number of rotatable bonds is 2. The van der Waals surface area contributed by atoms with E-state index in [-0.39, 0.29) is 18.4 Å². The van der Waals surface area contributed by atoms with Crippen molar-refractivity contribution in [1.29, 1.82) is 0 Å². The molecule has 0 radical (unpaired) electrons. The lowest BCUT2D eigenvalue weighted by Crippen LogP contribution is -2.41. The van der Waals surface area contributed by atoms with Crippen LogP contribution in [0, 0.1) is 0 Å². The molecule has 2 aromatic carbocycles. The second-order valence-corrected chi connectivity index (χ2v) is 5.83. The van der Waals surface area contributed by atoms with Crippen molar-refractivity contribution in [2.45, 2.75) is 0 Å². The smallest absolute Gasteiger partial charge is 0.251 e. The van der Waals surface area contributed by atoms with Gasteiger partial charge in [-0.25, -0.2) is 0 Å². The van der Waals surface area contributed by atoms with Crippen LogP contribution in [0.2, 0.25) is 10.0 Å². The minimum absolute atomic E-state index is 0.0193. The molecule has 1 heterocycles. The van der Waals surface area contributed by atoms with Crippen LogP contribution >= 0.6 is 23.2 Å². The molecule has 0 aromatic heterocycles. The molecule has 6 heteroatoms. The molecule has 0 atom stereocenters. The molecule has 2 amide bonds. The third kappa shape index (κ3) is 3.38. The van der Waals surface area contributed by atoms with Crippen LogP contribution in [0.5, 0.6) is 0 Å². The van der Waals surface area contributed by atoms with Gasteiger partial charge in [-0.2, -0.15) is 0 Å². The van der Waals surface area contributed by atoms with E-state index in [0.717, 1.165) is 0 Å². The normalized spacial score (nSPS) is 13.8. The molecular weight excluding hydrogens is 335 g/mol. The predicted molar refractivity (Wildman–Crippen MR) is 92.9 cm³/mol. The van der Waals surface area contributed by atoms with Crippen molar-refractivity contribution in [1.82, 2.24) is 0 Å². The Morgan fingerprint density at radius 1 is 1.17 bits per heavy atom. The zero-order valence-electron chi connectivity index (χ0n) is 11.9. The first-order valence-electron chi connectivity index (χ1n) is 6.88. The molecule has 0 aliphatic carbocycles. The number of carbonyl (C=O) groups is 2. The van der Waals surface area contributed by atoms with E-state index in [4.69, 9.17) is 23.2 Å². The predicted octanol–water partition coefficient (Wildman–Crippen LogP) is 3.99. The third-order valence-corrected chi connectivity index (χ3v) is 3.97. The van der Waals surface area contributed by atoms with Gasteiger partial charge in [0.05, 0.1) is 11.4 Å². The van der Waals surface area contributed by atoms with Crippen molar-refractivity contribution < 1.29 is 9.59 Å². The zero-order chi connectivity index (χ0) is 16.4.